The third-order valence-electron chi connectivity index (χ3n) is 5.36. The van der Waals surface area contributed by atoms with Crippen LogP contribution in [0.2, 0.25) is 0 Å². The topological polar surface area (TPSA) is 82.7 Å². The van der Waals surface area contributed by atoms with Gasteiger partial charge in [-0.25, -0.2) is 8.78 Å². The molecule has 0 unspecified atom stereocenters. The molecule has 1 aromatic carbocycles. The molecule has 9 heteroatoms. The van der Waals surface area contributed by atoms with Crippen molar-refractivity contribution in [3.8, 4) is 11.4 Å². The number of hydrogen-bond acceptors (Lipinski definition) is 6. The average Bonchev–Trinajstić information content (AvgIpc) is 3.23. The van der Waals surface area contributed by atoms with Crippen LogP contribution >= 0.6 is 0 Å². The number of carbonyl (C=O) groups excluding carboxylic acids is 1. The molecule has 150 valence electrons. The number of aryl methyl sites for hydroxylation is 1. The first-order valence-electron chi connectivity index (χ1n) is 9.35. The molecule has 3 heterocycles. The molecule has 4 rings (SSSR count). The van der Waals surface area contributed by atoms with Crippen molar-refractivity contribution in [1.82, 2.24) is 19.9 Å². The molecular weight excluding hydrogens is 370 g/mol. The Morgan fingerprint density at radius 1 is 1.29 bits per heavy atom. The number of benzene rings is 1. The molecule has 0 bridgehead atoms. The largest absolute Gasteiger partial charge is 0.395 e. The number of alkyl halides is 2. The lowest BCUT2D eigenvalue weighted by Crippen LogP contribution is -2.62. The van der Waals surface area contributed by atoms with Crippen molar-refractivity contribution in [3.63, 3.8) is 0 Å². The number of aliphatic hydroxyl groups is 1. The Labute approximate surface area is 160 Å². The predicted octanol–water partition coefficient (Wildman–Crippen LogP) is 1.58. The van der Waals surface area contributed by atoms with E-state index in [1.54, 1.807) is 9.80 Å². The van der Waals surface area contributed by atoms with Gasteiger partial charge in [-0.1, -0.05) is 35.5 Å². The van der Waals surface area contributed by atoms with Gasteiger partial charge in [0, 0.05) is 50.0 Å². The van der Waals surface area contributed by atoms with Crippen LogP contribution in [-0.4, -0.2) is 75.2 Å². The monoisotopic (exact) mass is 392 g/mol. The van der Waals surface area contributed by atoms with Crippen molar-refractivity contribution in [2.75, 3.05) is 26.2 Å². The van der Waals surface area contributed by atoms with Gasteiger partial charge in [-0.15, -0.1) is 0 Å². The van der Waals surface area contributed by atoms with Crippen LogP contribution in [0.4, 0.5) is 8.78 Å². The summed E-state index contributed by atoms with van der Waals surface area (Å²) in [5, 5.41) is 13.3. The summed E-state index contributed by atoms with van der Waals surface area (Å²) in [6.07, 6.45) is 0.235. The van der Waals surface area contributed by atoms with Crippen LogP contribution in [0.3, 0.4) is 0 Å². The Kier molecular flexibility index (Phi) is 5.11. The van der Waals surface area contributed by atoms with Crippen LogP contribution in [0.15, 0.2) is 34.9 Å². The fourth-order valence-corrected chi connectivity index (χ4v) is 3.82. The number of likely N-dealkylation sites (tertiary alicyclic amines) is 2. The second-order valence-electron chi connectivity index (χ2n) is 7.40. The molecule has 0 spiro atoms. The quantitative estimate of drug-likeness (QED) is 0.804. The molecule has 28 heavy (non-hydrogen) atoms. The SMILES string of the molecule is O=C(CCc1nc(-c2ccccc2)no1)N1CC(N2CC(F)(F)C[C@H]2CO)C1. The number of amides is 1. The third-order valence-corrected chi connectivity index (χ3v) is 5.36. The number of carbonyl (C=O) groups is 1. The number of halogens is 2. The maximum atomic E-state index is 13.6. The molecule has 0 radical (unpaired) electrons. The standard InChI is InChI=1S/C19H22F2N4O3/c20-19(21)8-14(11-26)25(12-19)15-9-24(10-15)17(27)7-6-16-22-18(23-28-16)13-4-2-1-3-5-13/h1-5,14-15,26H,6-12H2/t14-/m0/s1. The number of nitrogens with zero attached hydrogens (tertiary/aromatic N) is 4. The average molecular weight is 392 g/mol. The Hall–Kier alpha value is -2.39. The molecule has 1 N–H and O–H groups in total. The highest BCUT2D eigenvalue weighted by atomic mass is 19.3. The van der Waals surface area contributed by atoms with Crippen LogP contribution in [-0.2, 0) is 11.2 Å². The highest BCUT2D eigenvalue weighted by Gasteiger charge is 2.49. The molecule has 1 atom stereocenters. The first kappa shape index (κ1) is 18.9. The Morgan fingerprint density at radius 2 is 2.04 bits per heavy atom. The molecule has 2 fully saturated rings. The van der Waals surface area contributed by atoms with Crippen molar-refractivity contribution >= 4 is 5.91 Å². The van der Waals surface area contributed by atoms with E-state index in [1.165, 1.54) is 0 Å². The lowest BCUT2D eigenvalue weighted by molar-refractivity contribution is -0.139. The molecular formula is C19H22F2N4O3. The van der Waals surface area contributed by atoms with E-state index >= 15 is 0 Å². The first-order chi connectivity index (χ1) is 13.4. The summed E-state index contributed by atoms with van der Waals surface area (Å²) >= 11 is 0. The Bertz CT molecular complexity index is 824. The summed E-state index contributed by atoms with van der Waals surface area (Å²) < 4.78 is 32.4. The van der Waals surface area contributed by atoms with Gasteiger partial charge in [0.05, 0.1) is 13.2 Å². The lowest BCUT2D eigenvalue weighted by Gasteiger charge is -2.45. The predicted molar refractivity (Wildman–Crippen MR) is 95.6 cm³/mol. The van der Waals surface area contributed by atoms with Crippen LogP contribution in [0.1, 0.15) is 18.7 Å². The van der Waals surface area contributed by atoms with Gasteiger partial charge in [-0.2, -0.15) is 4.98 Å². The molecule has 1 amide bonds. The molecule has 2 aliphatic rings. The fraction of sp³-hybridized carbons (Fsp3) is 0.526. The zero-order valence-electron chi connectivity index (χ0n) is 15.3. The number of rotatable bonds is 6. The van der Waals surface area contributed by atoms with E-state index < -0.39 is 12.0 Å². The van der Waals surface area contributed by atoms with E-state index in [-0.39, 0.29) is 37.9 Å². The zero-order valence-corrected chi connectivity index (χ0v) is 15.3. The number of hydrogen-bond donors (Lipinski definition) is 1. The van der Waals surface area contributed by atoms with Gasteiger partial charge in [0.2, 0.25) is 17.6 Å². The minimum atomic E-state index is -2.77. The number of aromatic nitrogens is 2. The van der Waals surface area contributed by atoms with Crippen molar-refractivity contribution in [2.24, 2.45) is 0 Å². The zero-order chi connectivity index (χ0) is 19.7. The van der Waals surface area contributed by atoms with Crippen molar-refractivity contribution in [3.05, 3.63) is 36.2 Å². The second-order valence-corrected chi connectivity index (χ2v) is 7.40. The van der Waals surface area contributed by atoms with Crippen molar-refractivity contribution in [1.29, 1.82) is 0 Å². The van der Waals surface area contributed by atoms with Gasteiger partial charge < -0.3 is 14.5 Å². The van der Waals surface area contributed by atoms with Gasteiger partial charge in [0.25, 0.3) is 5.92 Å². The summed E-state index contributed by atoms with van der Waals surface area (Å²) in [6.45, 7) is 0.172. The minimum absolute atomic E-state index is 0.0674. The van der Waals surface area contributed by atoms with Crippen molar-refractivity contribution in [2.45, 2.75) is 37.3 Å². The summed E-state index contributed by atoms with van der Waals surface area (Å²) in [4.78, 5) is 19.9. The maximum Gasteiger partial charge on any atom is 0.262 e. The van der Waals surface area contributed by atoms with Gasteiger partial charge >= 0.3 is 0 Å². The van der Waals surface area contributed by atoms with E-state index in [2.05, 4.69) is 10.1 Å². The second kappa shape index (κ2) is 7.56. The Balaban J connectivity index is 1.26. The maximum absolute atomic E-state index is 13.6. The van der Waals surface area contributed by atoms with Crippen LogP contribution in [0, 0.1) is 0 Å². The lowest BCUT2D eigenvalue weighted by atomic mass is 10.0. The molecule has 2 aliphatic heterocycles. The van der Waals surface area contributed by atoms with Crippen LogP contribution in [0.25, 0.3) is 11.4 Å². The van der Waals surface area contributed by atoms with Crippen LogP contribution < -0.4 is 0 Å². The summed E-state index contributed by atoms with van der Waals surface area (Å²) in [5.74, 6) is -1.96. The molecule has 0 saturated carbocycles. The highest BCUT2D eigenvalue weighted by Crippen LogP contribution is 2.35. The molecule has 0 aliphatic carbocycles. The molecule has 2 saturated heterocycles. The van der Waals surface area contributed by atoms with Crippen LogP contribution in [0.5, 0.6) is 0 Å². The normalized spacial score (nSPS) is 22.4. The third kappa shape index (κ3) is 3.90. The van der Waals surface area contributed by atoms with Gasteiger partial charge in [-0.3, -0.25) is 9.69 Å². The van der Waals surface area contributed by atoms with Crippen molar-refractivity contribution < 1.29 is 23.2 Å². The first-order valence-corrected chi connectivity index (χ1v) is 9.35. The summed E-state index contributed by atoms with van der Waals surface area (Å²) in [5.41, 5.74) is 0.843. The van der Waals surface area contributed by atoms with E-state index in [9.17, 15) is 18.7 Å². The van der Waals surface area contributed by atoms with E-state index in [0.29, 0.717) is 31.2 Å². The van der Waals surface area contributed by atoms with E-state index in [1.807, 2.05) is 30.3 Å². The number of aliphatic hydroxyl groups excluding tert-OH is 1. The Morgan fingerprint density at radius 3 is 2.75 bits per heavy atom. The van der Waals surface area contributed by atoms with E-state index in [0.717, 1.165) is 5.56 Å². The molecule has 7 nitrogen and oxygen atoms in total. The smallest absolute Gasteiger partial charge is 0.262 e. The van der Waals surface area contributed by atoms with Gasteiger partial charge in [-0.05, 0) is 0 Å². The minimum Gasteiger partial charge on any atom is -0.395 e. The summed E-state index contributed by atoms with van der Waals surface area (Å²) in [7, 11) is 0. The summed E-state index contributed by atoms with van der Waals surface area (Å²) in [6, 6.07) is 8.76. The molecule has 1 aromatic heterocycles. The van der Waals surface area contributed by atoms with Gasteiger partial charge in [0.15, 0.2) is 0 Å². The highest BCUT2D eigenvalue weighted by molar-refractivity contribution is 5.77. The van der Waals surface area contributed by atoms with Gasteiger partial charge in [0.1, 0.15) is 0 Å². The van der Waals surface area contributed by atoms with E-state index in [4.69, 9.17) is 4.52 Å². The fourth-order valence-electron chi connectivity index (χ4n) is 3.82. The molecule has 2 aromatic rings.